The molecule has 0 radical (unpaired) electrons. The van der Waals surface area contributed by atoms with Gasteiger partial charge in [-0.05, 0) is 77.6 Å². The van der Waals surface area contributed by atoms with E-state index in [2.05, 4.69) is 30.2 Å². The maximum atomic E-state index is 15.1. The van der Waals surface area contributed by atoms with Crippen molar-refractivity contribution in [3.8, 4) is 11.1 Å². The SMILES string of the molecule is Cc1nc2c(F)cc(-c3cc(Nc4ncc(CN5C[C@@H]6CCN(C(=O)OC(C)(C)C)[C@@H]6C5)cn4)ncc3F)cc2n1C(C)C. The van der Waals surface area contributed by atoms with Gasteiger partial charge in [-0.2, -0.15) is 0 Å². The highest BCUT2D eigenvalue weighted by atomic mass is 19.1. The predicted molar refractivity (Wildman–Crippen MR) is 163 cm³/mol. The molecule has 12 heteroatoms. The van der Waals surface area contributed by atoms with Gasteiger partial charge < -0.3 is 19.5 Å². The maximum absolute atomic E-state index is 15.1. The van der Waals surface area contributed by atoms with Crippen molar-refractivity contribution in [2.24, 2.45) is 5.92 Å². The van der Waals surface area contributed by atoms with Crippen molar-refractivity contribution < 1.29 is 18.3 Å². The summed E-state index contributed by atoms with van der Waals surface area (Å²) in [6, 6.07) is 4.79. The molecular weight excluding hydrogens is 566 g/mol. The summed E-state index contributed by atoms with van der Waals surface area (Å²) in [5, 5.41) is 3.03. The lowest BCUT2D eigenvalue weighted by Gasteiger charge is -2.28. The highest BCUT2D eigenvalue weighted by Crippen LogP contribution is 2.34. The average molecular weight is 605 g/mol. The fourth-order valence-corrected chi connectivity index (χ4v) is 6.40. The summed E-state index contributed by atoms with van der Waals surface area (Å²) < 4.78 is 37.6. The van der Waals surface area contributed by atoms with Gasteiger partial charge in [-0.15, -0.1) is 0 Å². The summed E-state index contributed by atoms with van der Waals surface area (Å²) in [5.74, 6) is 0.676. The largest absolute Gasteiger partial charge is 0.444 e. The lowest BCUT2D eigenvalue weighted by molar-refractivity contribution is 0.0217. The molecule has 10 nitrogen and oxygen atoms in total. The third-order valence-corrected chi connectivity index (χ3v) is 8.21. The molecule has 2 atom stereocenters. The van der Waals surface area contributed by atoms with Crippen molar-refractivity contribution in [1.82, 2.24) is 34.3 Å². The van der Waals surface area contributed by atoms with Crippen molar-refractivity contribution in [1.29, 1.82) is 0 Å². The van der Waals surface area contributed by atoms with Gasteiger partial charge in [-0.1, -0.05) is 0 Å². The van der Waals surface area contributed by atoms with Gasteiger partial charge in [0.25, 0.3) is 0 Å². The molecule has 5 heterocycles. The molecule has 6 rings (SSSR count). The molecule has 2 aliphatic rings. The van der Waals surface area contributed by atoms with E-state index in [1.165, 1.54) is 12.1 Å². The fraction of sp³-hybridized carbons (Fsp3) is 0.469. The van der Waals surface area contributed by atoms with Crippen molar-refractivity contribution in [3.05, 3.63) is 59.8 Å². The van der Waals surface area contributed by atoms with E-state index >= 15 is 4.39 Å². The number of hydrogen-bond donors (Lipinski definition) is 1. The van der Waals surface area contributed by atoms with Gasteiger partial charge in [-0.3, -0.25) is 4.90 Å². The van der Waals surface area contributed by atoms with E-state index in [0.29, 0.717) is 41.1 Å². The number of pyridine rings is 1. The van der Waals surface area contributed by atoms with Gasteiger partial charge in [0.15, 0.2) is 5.82 Å². The Morgan fingerprint density at radius 3 is 2.52 bits per heavy atom. The Kier molecular flexibility index (Phi) is 7.73. The van der Waals surface area contributed by atoms with Crippen LogP contribution in [0.3, 0.4) is 0 Å². The number of hydrogen-bond acceptors (Lipinski definition) is 8. The minimum Gasteiger partial charge on any atom is -0.444 e. The van der Waals surface area contributed by atoms with E-state index in [4.69, 9.17) is 4.74 Å². The Labute approximate surface area is 255 Å². The number of benzene rings is 1. The second-order valence-corrected chi connectivity index (χ2v) is 13.0. The summed E-state index contributed by atoms with van der Waals surface area (Å²) in [6.07, 6.45) is 5.32. The van der Waals surface area contributed by atoms with Crippen LogP contribution in [0.2, 0.25) is 0 Å². The molecule has 2 saturated heterocycles. The number of carbonyl (C=O) groups excluding carboxylic acids is 1. The topological polar surface area (TPSA) is 101 Å². The van der Waals surface area contributed by atoms with Crippen LogP contribution < -0.4 is 5.32 Å². The first-order valence-electron chi connectivity index (χ1n) is 15.0. The van der Waals surface area contributed by atoms with Crippen LogP contribution in [0.1, 0.15) is 58.5 Å². The number of rotatable bonds is 6. The second kappa shape index (κ2) is 11.4. The van der Waals surface area contributed by atoms with Gasteiger partial charge in [0.1, 0.15) is 28.6 Å². The number of imidazole rings is 1. The van der Waals surface area contributed by atoms with Gasteiger partial charge in [-0.25, -0.2) is 33.5 Å². The molecule has 0 aliphatic carbocycles. The van der Waals surface area contributed by atoms with Gasteiger partial charge in [0.05, 0.1) is 17.8 Å². The summed E-state index contributed by atoms with van der Waals surface area (Å²) in [6.45, 7) is 14.5. The second-order valence-electron chi connectivity index (χ2n) is 13.0. The minimum atomic E-state index is -0.571. The highest BCUT2D eigenvalue weighted by Gasteiger charge is 2.44. The zero-order valence-corrected chi connectivity index (χ0v) is 25.9. The van der Waals surface area contributed by atoms with Gasteiger partial charge in [0.2, 0.25) is 5.95 Å². The molecule has 0 bridgehead atoms. The molecule has 1 N–H and O–H groups in total. The Bertz CT molecular complexity index is 1700. The molecular formula is C32H38F2N8O2. The van der Waals surface area contributed by atoms with Crippen molar-refractivity contribution in [2.45, 2.75) is 72.2 Å². The number of fused-ring (bicyclic) bond motifs is 2. The average Bonchev–Trinajstić information content (AvgIpc) is 3.62. The van der Waals surface area contributed by atoms with Crippen LogP contribution >= 0.6 is 0 Å². The van der Waals surface area contributed by atoms with Gasteiger partial charge >= 0.3 is 6.09 Å². The number of aryl methyl sites for hydroxylation is 1. The molecule has 44 heavy (non-hydrogen) atoms. The Morgan fingerprint density at radius 2 is 1.82 bits per heavy atom. The van der Waals surface area contributed by atoms with E-state index in [0.717, 1.165) is 37.8 Å². The van der Waals surface area contributed by atoms with Crippen molar-refractivity contribution in [3.63, 3.8) is 0 Å². The number of nitrogens with zero attached hydrogens (tertiary/aromatic N) is 7. The number of carbonyl (C=O) groups is 1. The Balaban J connectivity index is 1.13. The number of amides is 1. The molecule has 0 unspecified atom stereocenters. The standard InChI is InChI=1S/C32H38F2N8O2/c1-18(2)42-19(3)38-29-24(33)9-22(10-26(29)42)23-11-28(35-14-25(23)34)39-30-36-12-20(13-37-30)15-40-16-21-7-8-41(27(21)17-40)31(43)44-32(4,5)6/h9-14,18,21,27H,7-8,15-17H2,1-6H3,(H,35,36,37,39)/t21-,27+/m0/s1. The van der Waals surface area contributed by atoms with Crippen LogP contribution in [0.15, 0.2) is 36.8 Å². The molecule has 1 aromatic carbocycles. The quantitative estimate of drug-likeness (QED) is 0.276. The van der Waals surface area contributed by atoms with Crippen LogP contribution in [0.25, 0.3) is 22.2 Å². The van der Waals surface area contributed by atoms with E-state index in [-0.39, 0.29) is 29.3 Å². The number of aromatic nitrogens is 5. The van der Waals surface area contributed by atoms with E-state index in [1.54, 1.807) is 18.5 Å². The molecule has 232 valence electrons. The van der Waals surface area contributed by atoms with Crippen LogP contribution in [-0.4, -0.2) is 71.7 Å². The highest BCUT2D eigenvalue weighted by molar-refractivity contribution is 5.84. The number of likely N-dealkylation sites (tertiary alicyclic amines) is 2. The molecule has 0 spiro atoms. The number of halogens is 2. The molecule has 0 saturated carbocycles. The number of nitrogens with one attached hydrogen (secondary N) is 1. The van der Waals surface area contributed by atoms with Crippen LogP contribution in [0.5, 0.6) is 0 Å². The Morgan fingerprint density at radius 1 is 1.07 bits per heavy atom. The van der Waals surface area contributed by atoms with Crippen LogP contribution in [0.4, 0.5) is 25.3 Å². The number of ether oxygens (including phenoxy) is 1. The van der Waals surface area contributed by atoms with E-state index < -0.39 is 17.2 Å². The minimum absolute atomic E-state index is 0.0614. The molecule has 3 aromatic heterocycles. The third-order valence-electron chi connectivity index (χ3n) is 8.21. The third kappa shape index (κ3) is 5.95. The summed E-state index contributed by atoms with van der Waals surface area (Å²) in [4.78, 5) is 34.3. The van der Waals surface area contributed by atoms with Crippen molar-refractivity contribution >= 4 is 28.9 Å². The summed E-state index contributed by atoms with van der Waals surface area (Å²) >= 11 is 0. The number of anilines is 2. The summed E-state index contributed by atoms with van der Waals surface area (Å²) in [7, 11) is 0. The summed E-state index contributed by atoms with van der Waals surface area (Å²) in [5.41, 5.74) is 1.88. The van der Waals surface area contributed by atoms with Crippen molar-refractivity contribution in [2.75, 3.05) is 25.0 Å². The van der Waals surface area contributed by atoms with Crippen LogP contribution in [0, 0.1) is 24.5 Å². The fourth-order valence-electron chi connectivity index (χ4n) is 6.40. The first-order chi connectivity index (χ1) is 20.9. The molecule has 4 aromatic rings. The lowest BCUT2D eigenvalue weighted by atomic mass is 10.0. The first kappa shape index (κ1) is 29.9. The normalized spacial score (nSPS) is 18.8. The molecule has 2 fully saturated rings. The zero-order chi connectivity index (χ0) is 31.3. The Hall–Kier alpha value is -4.19. The zero-order valence-electron chi connectivity index (χ0n) is 25.9. The van der Waals surface area contributed by atoms with Gasteiger partial charge in [0, 0.05) is 55.7 Å². The molecule has 2 aliphatic heterocycles. The van der Waals surface area contributed by atoms with Crippen LogP contribution in [-0.2, 0) is 11.3 Å². The monoisotopic (exact) mass is 604 g/mol. The smallest absolute Gasteiger partial charge is 0.410 e. The van der Waals surface area contributed by atoms with E-state index in [9.17, 15) is 9.18 Å². The first-order valence-corrected chi connectivity index (χ1v) is 15.0. The maximum Gasteiger partial charge on any atom is 0.410 e. The lowest BCUT2D eigenvalue weighted by Crippen LogP contribution is -2.42. The molecule has 1 amide bonds. The predicted octanol–water partition coefficient (Wildman–Crippen LogP) is 6.24. The van der Waals surface area contributed by atoms with E-state index in [1.807, 2.05) is 51.0 Å².